The van der Waals surface area contributed by atoms with Crippen molar-refractivity contribution in [3.63, 3.8) is 0 Å². The molecule has 0 saturated heterocycles. The molecule has 0 radical (unpaired) electrons. The van der Waals surface area contributed by atoms with Gasteiger partial charge >= 0.3 is 0 Å². The zero-order valence-corrected chi connectivity index (χ0v) is 28.5. The molecule has 244 valence electrons. The topological polar surface area (TPSA) is 24.9 Å². The molecular weight excluding hydrogens is 645 g/mol. The monoisotopic (exact) mass is 672 g/mol. The summed E-state index contributed by atoms with van der Waals surface area (Å²) in [6.45, 7) is 0. The molecule has 0 amide bonds. The predicted octanol–water partition coefficient (Wildman–Crippen LogP) is 13.2. The maximum absolute atomic E-state index is 5.47. The summed E-state index contributed by atoms with van der Waals surface area (Å²) in [6.07, 6.45) is 2.13. The average Bonchev–Trinajstić information content (AvgIpc) is 3.94. The molecule has 4 heteroatoms. The Hall–Kier alpha value is -7.17. The number of rotatable bonds is 3. The predicted molar refractivity (Wildman–Crippen MR) is 223 cm³/mol. The highest BCUT2D eigenvalue weighted by Crippen LogP contribution is 2.51. The van der Waals surface area contributed by atoms with Crippen molar-refractivity contribution < 1.29 is 0 Å². The summed E-state index contributed by atoms with van der Waals surface area (Å²) in [7, 11) is 0. The van der Waals surface area contributed by atoms with Crippen LogP contribution in [0.2, 0.25) is 0 Å². The largest absolute Gasteiger partial charge is 0.308 e. The SMILES string of the molecule is c1ccc(N(c2ccccc2)c2c3ccccc3cc3c4cccc5c6c7c8cc9ccccc9c9c%10ccccc%10n(c7cnc6n(c23)c45)c89)cc1. The number of pyridine rings is 1. The van der Waals surface area contributed by atoms with Crippen molar-refractivity contribution in [2.75, 3.05) is 4.90 Å². The number of anilines is 3. The number of para-hydroxylation sites is 4. The molecule has 13 rings (SSSR count). The van der Waals surface area contributed by atoms with E-state index in [-0.39, 0.29) is 0 Å². The lowest BCUT2D eigenvalue weighted by molar-refractivity contribution is 1.24. The lowest BCUT2D eigenvalue weighted by Gasteiger charge is -2.28. The Morgan fingerprint density at radius 3 is 1.75 bits per heavy atom. The summed E-state index contributed by atoms with van der Waals surface area (Å²) in [4.78, 5) is 7.90. The summed E-state index contributed by atoms with van der Waals surface area (Å²) >= 11 is 0. The fourth-order valence-corrected chi connectivity index (χ4v) is 9.70. The molecule has 0 fully saturated rings. The van der Waals surface area contributed by atoms with Gasteiger partial charge in [0, 0.05) is 59.9 Å². The normalized spacial score (nSPS) is 12.5. The van der Waals surface area contributed by atoms with Crippen molar-refractivity contribution in [1.29, 1.82) is 0 Å². The van der Waals surface area contributed by atoms with Crippen LogP contribution < -0.4 is 4.90 Å². The van der Waals surface area contributed by atoms with E-state index in [0.717, 1.165) is 33.7 Å². The molecule has 0 spiro atoms. The molecule has 0 N–H and O–H groups in total. The molecule has 0 unspecified atom stereocenters. The molecule has 4 nitrogen and oxygen atoms in total. The third-order valence-electron chi connectivity index (χ3n) is 11.7. The minimum atomic E-state index is 0.985. The van der Waals surface area contributed by atoms with Crippen molar-refractivity contribution in [1.82, 2.24) is 13.8 Å². The van der Waals surface area contributed by atoms with E-state index in [0.29, 0.717) is 0 Å². The Morgan fingerprint density at radius 2 is 0.981 bits per heavy atom. The number of hydrogen-bond donors (Lipinski definition) is 0. The van der Waals surface area contributed by atoms with Crippen LogP contribution in [0.5, 0.6) is 0 Å². The van der Waals surface area contributed by atoms with E-state index in [1.54, 1.807) is 0 Å². The summed E-state index contributed by atoms with van der Waals surface area (Å²) in [5, 5.41) is 15.0. The zero-order valence-electron chi connectivity index (χ0n) is 28.5. The second-order valence-corrected chi connectivity index (χ2v) is 14.3. The second-order valence-electron chi connectivity index (χ2n) is 14.3. The van der Waals surface area contributed by atoms with Gasteiger partial charge in [-0.2, -0.15) is 0 Å². The molecular formula is C49H28N4. The van der Waals surface area contributed by atoms with Crippen LogP contribution in [-0.2, 0) is 0 Å². The smallest absolute Gasteiger partial charge is 0.146 e. The van der Waals surface area contributed by atoms with Crippen LogP contribution >= 0.6 is 0 Å². The summed E-state index contributed by atoms with van der Waals surface area (Å²) in [5.41, 5.74) is 10.4. The van der Waals surface area contributed by atoms with Crippen LogP contribution in [-0.4, -0.2) is 13.8 Å². The van der Waals surface area contributed by atoms with Crippen molar-refractivity contribution in [2.24, 2.45) is 0 Å². The van der Waals surface area contributed by atoms with Crippen molar-refractivity contribution in [3.05, 3.63) is 170 Å². The van der Waals surface area contributed by atoms with Crippen molar-refractivity contribution >= 4 is 115 Å². The van der Waals surface area contributed by atoms with E-state index in [1.807, 2.05) is 0 Å². The Bertz CT molecular complexity index is 3580. The van der Waals surface area contributed by atoms with Gasteiger partial charge in [0.25, 0.3) is 0 Å². The van der Waals surface area contributed by atoms with E-state index >= 15 is 0 Å². The molecule has 0 saturated carbocycles. The van der Waals surface area contributed by atoms with E-state index in [1.165, 1.54) is 81.2 Å². The Balaban J connectivity index is 1.28. The molecule has 0 aliphatic carbocycles. The maximum Gasteiger partial charge on any atom is 0.146 e. The Morgan fingerprint density at radius 1 is 0.377 bits per heavy atom. The molecule has 5 heterocycles. The molecule has 5 aromatic heterocycles. The van der Waals surface area contributed by atoms with Crippen molar-refractivity contribution in [3.8, 4) is 0 Å². The minimum Gasteiger partial charge on any atom is -0.308 e. The fourth-order valence-electron chi connectivity index (χ4n) is 9.70. The van der Waals surface area contributed by atoms with Crippen molar-refractivity contribution in [2.45, 2.75) is 0 Å². The highest BCUT2D eigenvalue weighted by Gasteiger charge is 2.29. The first-order chi connectivity index (χ1) is 26.3. The Kier molecular flexibility index (Phi) is 5.08. The summed E-state index contributed by atoms with van der Waals surface area (Å²) in [6, 6.07) is 59.7. The van der Waals surface area contributed by atoms with Gasteiger partial charge in [0.2, 0.25) is 0 Å². The van der Waals surface area contributed by atoms with Crippen LogP contribution in [0.4, 0.5) is 17.1 Å². The minimum absolute atomic E-state index is 0.985. The number of aromatic nitrogens is 3. The molecule has 0 bridgehead atoms. The summed E-state index contributed by atoms with van der Waals surface area (Å²) in [5.74, 6) is 0. The molecule has 8 aromatic carbocycles. The van der Waals surface area contributed by atoms with Gasteiger partial charge in [0.05, 0.1) is 39.5 Å². The van der Waals surface area contributed by atoms with Gasteiger partial charge in [-0.25, -0.2) is 4.98 Å². The van der Waals surface area contributed by atoms with E-state index in [4.69, 9.17) is 4.98 Å². The number of nitrogens with zero attached hydrogens (tertiary/aromatic N) is 4. The fraction of sp³-hybridized carbons (Fsp3) is 0. The van der Waals surface area contributed by atoms with Gasteiger partial charge in [-0.05, 0) is 58.6 Å². The van der Waals surface area contributed by atoms with Gasteiger partial charge < -0.3 is 9.30 Å². The third-order valence-corrected chi connectivity index (χ3v) is 11.7. The zero-order chi connectivity index (χ0) is 34.4. The first kappa shape index (κ1) is 27.5. The van der Waals surface area contributed by atoms with Gasteiger partial charge in [0.1, 0.15) is 5.65 Å². The third kappa shape index (κ3) is 3.34. The van der Waals surface area contributed by atoms with E-state index in [2.05, 4.69) is 184 Å². The number of hydrogen-bond acceptors (Lipinski definition) is 2. The quantitative estimate of drug-likeness (QED) is 0.187. The lowest BCUT2D eigenvalue weighted by Crippen LogP contribution is -2.11. The van der Waals surface area contributed by atoms with Crippen LogP contribution in [0.3, 0.4) is 0 Å². The first-order valence-corrected chi connectivity index (χ1v) is 18.2. The van der Waals surface area contributed by atoms with Gasteiger partial charge in [0.15, 0.2) is 0 Å². The standard InChI is InChI=1S/C49H28N4/c1-3-16-31(17-4-1)51(32-18-5-2-6-19-32)47-34-21-10-8-15-30(34)26-38-35-23-13-24-37-44-43-39-27-29-14-7-9-20-33(29)42-36-22-11-12-25-40(36)52(46(39)42)41(43)28-50-49(44)53(45(35)37)48(38)47/h1-28H. The molecule has 0 atom stereocenters. The van der Waals surface area contributed by atoms with Crippen LogP contribution in [0.25, 0.3) is 97.9 Å². The highest BCUT2D eigenvalue weighted by atomic mass is 15.2. The lowest BCUT2D eigenvalue weighted by atomic mass is 9.98. The molecule has 0 aliphatic rings. The van der Waals surface area contributed by atoms with Crippen LogP contribution in [0.15, 0.2) is 170 Å². The molecule has 13 aromatic rings. The Labute approximate surface area is 302 Å². The van der Waals surface area contributed by atoms with E-state index in [9.17, 15) is 0 Å². The molecule has 0 aliphatic heterocycles. The van der Waals surface area contributed by atoms with Gasteiger partial charge in [-0.1, -0.05) is 121 Å². The second kappa shape index (κ2) is 9.78. The first-order valence-electron chi connectivity index (χ1n) is 18.2. The van der Waals surface area contributed by atoms with Gasteiger partial charge in [-0.15, -0.1) is 0 Å². The van der Waals surface area contributed by atoms with Gasteiger partial charge in [-0.3, -0.25) is 4.40 Å². The highest BCUT2D eigenvalue weighted by molar-refractivity contribution is 6.38. The van der Waals surface area contributed by atoms with Crippen LogP contribution in [0.1, 0.15) is 0 Å². The number of benzene rings is 8. The van der Waals surface area contributed by atoms with Crippen LogP contribution in [0, 0.1) is 0 Å². The van der Waals surface area contributed by atoms with E-state index < -0.39 is 0 Å². The summed E-state index contributed by atoms with van der Waals surface area (Å²) < 4.78 is 4.94. The molecule has 53 heavy (non-hydrogen) atoms. The number of fused-ring (bicyclic) bond motifs is 16. The maximum atomic E-state index is 5.47. The average molecular weight is 673 g/mol.